The third kappa shape index (κ3) is 4.47. The van der Waals surface area contributed by atoms with E-state index in [0.29, 0.717) is 0 Å². The van der Waals surface area contributed by atoms with Crippen molar-refractivity contribution in [3.05, 3.63) is 0 Å². The van der Waals surface area contributed by atoms with E-state index in [4.69, 9.17) is 0 Å². The van der Waals surface area contributed by atoms with E-state index in [0.717, 1.165) is 19.3 Å². The fourth-order valence-corrected chi connectivity index (χ4v) is 3.12. The largest absolute Gasteiger partial charge is 0.198 e. The molecule has 1 saturated carbocycles. The standard InChI is InChI=1S/C13H23NS/c1-2-15-11-7-10-13(12-14)8-5-3-4-6-9-13/h2-11H2,1H3. The van der Waals surface area contributed by atoms with Gasteiger partial charge in [-0.1, -0.05) is 32.6 Å². The lowest BCUT2D eigenvalue weighted by atomic mass is 9.78. The van der Waals surface area contributed by atoms with E-state index in [2.05, 4.69) is 13.0 Å². The van der Waals surface area contributed by atoms with Crippen molar-refractivity contribution < 1.29 is 0 Å². The topological polar surface area (TPSA) is 23.8 Å². The van der Waals surface area contributed by atoms with Crippen LogP contribution in [0.3, 0.4) is 0 Å². The highest BCUT2D eigenvalue weighted by Gasteiger charge is 2.29. The molecule has 0 heterocycles. The third-order valence-electron chi connectivity index (χ3n) is 3.45. The Morgan fingerprint density at radius 3 is 2.40 bits per heavy atom. The summed E-state index contributed by atoms with van der Waals surface area (Å²) in [4.78, 5) is 0. The van der Waals surface area contributed by atoms with Crippen molar-refractivity contribution >= 4 is 11.8 Å². The molecule has 0 aromatic heterocycles. The van der Waals surface area contributed by atoms with Crippen LogP contribution in [0.2, 0.25) is 0 Å². The van der Waals surface area contributed by atoms with Gasteiger partial charge in [0.15, 0.2) is 0 Å². The quantitative estimate of drug-likeness (QED) is 0.512. The van der Waals surface area contributed by atoms with Crippen molar-refractivity contribution in [3.8, 4) is 6.07 Å². The maximum Gasteiger partial charge on any atom is 0.0689 e. The van der Waals surface area contributed by atoms with Crippen molar-refractivity contribution in [2.75, 3.05) is 11.5 Å². The summed E-state index contributed by atoms with van der Waals surface area (Å²) in [7, 11) is 0. The molecule has 1 rings (SSSR count). The zero-order chi connectivity index (χ0) is 11.0. The molecule has 86 valence electrons. The molecule has 15 heavy (non-hydrogen) atoms. The monoisotopic (exact) mass is 225 g/mol. The Bertz CT molecular complexity index is 199. The molecule has 0 radical (unpaired) electrons. The Kier molecular flexibility index (Phi) is 6.17. The number of hydrogen-bond acceptors (Lipinski definition) is 2. The Morgan fingerprint density at radius 1 is 1.20 bits per heavy atom. The van der Waals surface area contributed by atoms with Gasteiger partial charge in [-0.15, -0.1) is 0 Å². The maximum atomic E-state index is 9.37. The van der Waals surface area contributed by atoms with Crippen LogP contribution in [0.15, 0.2) is 0 Å². The van der Waals surface area contributed by atoms with E-state index < -0.39 is 0 Å². The van der Waals surface area contributed by atoms with Gasteiger partial charge < -0.3 is 0 Å². The molecule has 0 bridgehead atoms. The summed E-state index contributed by atoms with van der Waals surface area (Å²) in [6.45, 7) is 2.20. The lowest BCUT2D eigenvalue weighted by Crippen LogP contribution is -2.17. The molecule has 1 aliphatic carbocycles. The normalized spacial score (nSPS) is 20.5. The molecule has 1 aliphatic rings. The molecule has 0 unspecified atom stereocenters. The van der Waals surface area contributed by atoms with E-state index in [1.807, 2.05) is 11.8 Å². The van der Waals surface area contributed by atoms with E-state index in [-0.39, 0.29) is 5.41 Å². The number of hydrogen-bond donors (Lipinski definition) is 0. The predicted molar refractivity (Wildman–Crippen MR) is 68.0 cm³/mol. The lowest BCUT2D eigenvalue weighted by molar-refractivity contribution is 0.313. The highest BCUT2D eigenvalue weighted by molar-refractivity contribution is 7.99. The summed E-state index contributed by atoms with van der Waals surface area (Å²) in [5.74, 6) is 2.44. The first-order valence-electron chi connectivity index (χ1n) is 6.32. The number of nitriles is 1. The molecule has 0 atom stereocenters. The summed E-state index contributed by atoms with van der Waals surface area (Å²) in [6.07, 6.45) is 9.90. The minimum atomic E-state index is 0.0464. The molecule has 1 nitrogen and oxygen atoms in total. The van der Waals surface area contributed by atoms with Crippen molar-refractivity contribution in [2.45, 2.75) is 58.3 Å². The van der Waals surface area contributed by atoms with Crippen LogP contribution in [-0.4, -0.2) is 11.5 Å². The summed E-state index contributed by atoms with van der Waals surface area (Å²) in [6, 6.07) is 2.63. The number of thioether (sulfide) groups is 1. The SMILES string of the molecule is CCSCCCC1(C#N)CCCCCC1. The van der Waals surface area contributed by atoms with Crippen molar-refractivity contribution in [1.82, 2.24) is 0 Å². The first-order chi connectivity index (χ1) is 7.33. The minimum absolute atomic E-state index is 0.0464. The highest BCUT2D eigenvalue weighted by Crippen LogP contribution is 2.38. The molecule has 1 fully saturated rings. The van der Waals surface area contributed by atoms with Crippen LogP contribution >= 0.6 is 11.8 Å². The second-order valence-corrected chi connectivity index (χ2v) is 6.00. The summed E-state index contributed by atoms with van der Waals surface area (Å²) in [5.41, 5.74) is 0.0464. The van der Waals surface area contributed by atoms with Gasteiger partial charge in [-0.3, -0.25) is 0 Å². The van der Waals surface area contributed by atoms with Gasteiger partial charge in [0.2, 0.25) is 0 Å². The number of rotatable bonds is 5. The number of nitrogens with zero attached hydrogens (tertiary/aromatic N) is 1. The Balaban J connectivity index is 2.34. The second-order valence-electron chi connectivity index (χ2n) is 4.61. The van der Waals surface area contributed by atoms with E-state index in [9.17, 15) is 5.26 Å². The fourth-order valence-electron chi connectivity index (χ4n) is 2.48. The molecule has 0 spiro atoms. The zero-order valence-corrected chi connectivity index (χ0v) is 10.7. The summed E-state index contributed by atoms with van der Waals surface area (Å²) < 4.78 is 0. The van der Waals surface area contributed by atoms with E-state index >= 15 is 0 Å². The molecule has 0 aromatic rings. The Morgan fingerprint density at radius 2 is 1.87 bits per heavy atom. The van der Waals surface area contributed by atoms with Crippen molar-refractivity contribution in [3.63, 3.8) is 0 Å². The molecule has 2 heteroatoms. The van der Waals surface area contributed by atoms with E-state index in [1.165, 1.54) is 43.6 Å². The van der Waals surface area contributed by atoms with Crippen LogP contribution in [0.25, 0.3) is 0 Å². The highest BCUT2D eigenvalue weighted by atomic mass is 32.2. The predicted octanol–water partition coefficient (Wildman–Crippen LogP) is 4.38. The molecule has 0 aromatic carbocycles. The average Bonchev–Trinajstić information content (AvgIpc) is 2.51. The molecule has 0 N–H and O–H groups in total. The Hall–Kier alpha value is -0.160. The molecular weight excluding hydrogens is 202 g/mol. The van der Waals surface area contributed by atoms with Gasteiger partial charge in [0.05, 0.1) is 11.5 Å². The van der Waals surface area contributed by atoms with E-state index in [1.54, 1.807) is 0 Å². The van der Waals surface area contributed by atoms with Crippen LogP contribution in [-0.2, 0) is 0 Å². The van der Waals surface area contributed by atoms with Crippen LogP contribution < -0.4 is 0 Å². The van der Waals surface area contributed by atoms with Gasteiger partial charge in [0, 0.05) is 0 Å². The molecule has 0 saturated heterocycles. The summed E-state index contributed by atoms with van der Waals surface area (Å²) >= 11 is 2.00. The third-order valence-corrected chi connectivity index (χ3v) is 4.43. The molecule has 0 aliphatic heterocycles. The van der Waals surface area contributed by atoms with Crippen LogP contribution in [0.5, 0.6) is 0 Å². The van der Waals surface area contributed by atoms with Crippen molar-refractivity contribution in [2.24, 2.45) is 5.41 Å². The maximum absolute atomic E-state index is 9.37. The second kappa shape index (κ2) is 7.17. The van der Waals surface area contributed by atoms with Gasteiger partial charge in [0.25, 0.3) is 0 Å². The van der Waals surface area contributed by atoms with Gasteiger partial charge in [-0.25, -0.2) is 0 Å². The van der Waals surface area contributed by atoms with Crippen LogP contribution in [0.1, 0.15) is 58.3 Å². The van der Waals surface area contributed by atoms with Gasteiger partial charge in [-0.2, -0.15) is 17.0 Å². The Labute approximate surface area is 98.6 Å². The van der Waals surface area contributed by atoms with Crippen LogP contribution in [0, 0.1) is 16.7 Å². The summed E-state index contributed by atoms with van der Waals surface area (Å²) in [5, 5.41) is 9.37. The lowest BCUT2D eigenvalue weighted by Gasteiger charge is -2.24. The minimum Gasteiger partial charge on any atom is -0.198 e. The van der Waals surface area contributed by atoms with Crippen molar-refractivity contribution in [1.29, 1.82) is 5.26 Å². The van der Waals surface area contributed by atoms with Gasteiger partial charge >= 0.3 is 0 Å². The average molecular weight is 225 g/mol. The fraction of sp³-hybridized carbons (Fsp3) is 0.923. The molecule has 0 amide bonds. The first-order valence-corrected chi connectivity index (χ1v) is 7.47. The van der Waals surface area contributed by atoms with Gasteiger partial charge in [-0.05, 0) is 37.2 Å². The van der Waals surface area contributed by atoms with Crippen LogP contribution in [0.4, 0.5) is 0 Å². The first kappa shape index (κ1) is 12.9. The van der Waals surface area contributed by atoms with Gasteiger partial charge in [0.1, 0.15) is 0 Å². The zero-order valence-electron chi connectivity index (χ0n) is 9.93. The smallest absolute Gasteiger partial charge is 0.0689 e. The molecular formula is C13H23NS.